The average Bonchev–Trinajstić information content (AvgIpc) is 3.65. The molecule has 9 rings (SSSR count). The van der Waals surface area contributed by atoms with Gasteiger partial charge in [0.25, 0.3) is 0 Å². The number of benzene rings is 1. The molecule has 11 atom stereocenters. The number of aliphatic hydroxyl groups excluding tert-OH is 1. The molecular weight excluding hydrogens is 666 g/mol. The number of nitrogens with zero attached hydrogens (tertiary/aromatic N) is 2. The highest BCUT2D eigenvalue weighted by Gasteiger charge is 2.80. The van der Waals surface area contributed by atoms with E-state index in [0.29, 0.717) is 52.1 Å². The number of rotatable bonds is 7. The van der Waals surface area contributed by atoms with Gasteiger partial charge in [0.2, 0.25) is 5.91 Å². The van der Waals surface area contributed by atoms with Gasteiger partial charge in [-0.3, -0.25) is 9.69 Å². The predicted octanol–water partition coefficient (Wildman–Crippen LogP) is 6.57. The Kier molecular flexibility index (Phi) is 9.89. The number of carbonyl (C=O) groups is 1. The average molecular weight is 729 g/mol. The lowest BCUT2D eigenvalue weighted by Crippen LogP contribution is -2.58. The molecule has 9 unspecified atom stereocenters. The van der Waals surface area contributed by atoms with Crippen molar-refractivity contribution in [1.29, 1.82) is 0 Å². The third-order valence-electron chi connectivity index (χ3n) is 16.3. The van der Waals surface area contributed by atoms with E-state index < -0.39 is 11.6 Å². The third kappa shape index (κ3) is 5.99. The highest BCUT2D eigenvalue weighted by atomic mass is 19.1. The summed E-state index contributed by atoms with van der Waals surface area (Å²) in [6, 6.07) is 4.04. The molecule has 8 nitrogen and oxygen atoms in total. The zero-order valence-electron chi connectivity index (χ0n) is 32.1. The van der Waals surface area contributed by atoms with Crippen LogP contribution in [0.2, 0.25) is 0 Å². The van der Waals surface area contributed by atoms with E-state index in [4.69, 9.17) is 24.1 Å². The van der Waals surface area contributed by atoms with Crippen LogP contribution < -0.4 is 0 Å². The molecule has 5 aliphatic carbocycles. The summed E-state index contributed by atoms with van der Waals surface area (Å²) in [6.45, 7) is 14.1. The van der Waals surface area contributed by atoms with Crippen molar-refractivity contribution in [2.75, 3.05) is 46.6 Å². The van der Waals surface area contributed by atoms with Gasteiger partial charge in [0.1, 0.15) is 11.6 Å². The van der Waals surface area contributed by atoms with Gasteiger partial charge in [-0.2, -0.15) is 0 Å². The van der Waals surface area contributed by atoms with Crippen molar-refractivity contribution in [3.05, 3.63) is 35.4 Å². The van der Waals surface area contributed by atoms with Gasteiger partial charge in [0.15, 0.2) is 6.29 Å². The van der Waals surface area contributed by atoms with E-state index in [2.05, 4.69) is 25.7 Å². The number of ether oxygens (including phenoxy) is 4. The lowest BCUT2D eigenvalue weighted by molar-refractivity contribution is -0.253. The van der Waals surface area contributed by atoms with Crippen LogP contribution in [0.1, 0.15) is 97.5 Å². The van der Waals surface area contributed by atoms with Gasteiger partial charge in [0, 0.05) is 39.7 Å². The van der Waals surface area contributed by atoms with Gasteiger partial charge in [-0.25, -0.2) is 8.78 Å². The monoisotopic (exact) mass is 728 g/mol. The minimum atomic E-state index is -0.614. The number of carbonyl (C=O) groups excluding carboxylic acids is 1. The van der Waals surface area contributed by atoms with E-state index in [1.807, 2.05) is 0 Å². The summed E-state index contributed by atoms with van der Waals surface area (Å²) in [5, 5.41) is 7.00. The van der Waals surface area contributed by atoms with E-state index in [1.54, 1.807) is 4.90 Å². The fourth-order valence-corrected chi connectivity index (χ4v) is 13.8. The SMILES string of the molecule is CC(=O)N(Cc1cc(F)cc(F)c1)CC1CCC2C(CC3C4CCC5C(C)(C)[C@@H](OC6CN(C7COC7)CCO6)CCC56C[C@@]46CCC23C)O1.CO. The number of halogens is 2. The Morgan fingerprint density at radius 3 is 2.42 bits per heavy atom. The van der Waals surface area contributed by atoms with Crippen molar-refractivity contribution >= 4 is 5.91 Å². The number of fused-ring (bicyclic) bond motifs is 4. The first-order valence-corrected chi connectivity index (χ1v) is 20.3. The maximum atomic E-state index is 13.9. The van der Waals surface area contributed by atoms with E-state index in [1.165, 1.54) is 57.6 Å². The van der Waals surface area contributed by atoms with Gasteiger partial charge in [-0.1, -0.05) is 20.8 Å². The summed E-state index contributed by atoms with van der Waals surface area (Å²) in [7, 11) is 1.00. The van der Waals surface area contributed by atoms with Crippen LogP contribution in [0, 0.1) is 57.0 Å². The fraction of sp³-hybridized carbons (Fsp3) is 0.833. The lowest BCUT2D eigenvalue weighted by Gasteiger charge is -2.60. The van der Waals surface area contributed by atoms with Gasteiger partial charge in [-0.05, 0) is 127 Å². The summed E-state index contributed by atoms with van der Waals surface area (Å²) in [5.74, 6) is 1.41. The second-order valence-electron chi connectivity index (χ2n) is 18.7. The summed E-state index contributed by atoms with van der Waals surface area (Å²) < 4.78 is 53.3. The van der Waals surface area contributed by atoms with Crippen molar-refractivity contribution in [2.24, 2.45) is 45.3 Å². The molecular formula is C42H62F2N2O6. The van der Waals surface area contributed by atoms with E-state index in [9.17, 15) is 13.6 Å². The zero-order chi connectivity index (χ0) is 36.6. The van der Waals surface area contributed by atoms with Crippen LogP contribution in [0.15, 0.2) is 18.2 Å². The van der Waals surface area contributed by atoms with Crippen LogP contribution >= 0.6 is 0 Å². The van der Waals surface area contributed by atoms with Crippen LogP contribution in [0.5, 0.6) is 0 Å². The molecule has 0 radical (unpaired) electrons. The molecule has 5 saturated carbocycles. The van der Waals surface area contributed by atoms with Gasteiger partial charge >= 0.3 is 0 Å². The molecule has 8 fully saturated rings. The van der Waals surface area contributed by atoms with Crippen LogP contribution in [-0.4, -0.2) is 98.0 Å². The molecule has 8 aliphatic rings. The molecule has 1 amide bonds. The van der Waals surface area contributed by atoms with Gasteiger partial charge in [0.05, 0.1) is 50.7 Å². The quantitative estimate of drug-likeness (QED) is 0.341. The Labute approximate surface area is 309 Å². The van der Waals surface area contributed by atoms with Crippen LogP contribution in [0.4, 0.5) is 8.78 Å². The van der Waals surface area contributed by atoms with Crippen molar-refractivity contribution < 1.29 is 37.6 Å². The fourth-order valence-electron chi connectivity index (χ4n) is 13.8. The second-order valence-corrected chi connectivity index (χ2v) is 18.7. The summed E-state index contributed by atoms with van der Waals surface area (Å²) in [5.41, 5.74) is 1.84. The molecule has 10 heteroatoms. The van der Waals surface area contributed by atoms with Crippen molar-refractivity contribution in [3.8, 4) is 0 Å². The molecule has 2 spiro atoms. The molecule has 1 N–H and O–H groups in total. The molecule has 0 aromatic heterocycles. The summed E-state index contributed by atoms with van der Waals surface area (Å²) >= 11 is 0. The number of amides is 1. The number of morpholine rings is 1. The number of hydrogen-bond acceptors (Lipinski definition) is 7. The molecule has 1 aromatic carbocycles. The normalized spacial score (nSPS) is 43.3. The Bertz CT molecular complexity index is 1470. The van der Waals surface area contributed by atoms with E-state index in [-0.39, 0.29) is 42.5 Å². The Morgan fingerprint density at radius 1 is 0.962 bits per heavy atom. The molecule has 52 heavy (non-hydrogen) atoms. The highest BCUT2D eigenvalue weighted by molar-refractivity contribution is 5.73. The Balaban J connectivity index is 0.00000190. The first-order chi connectivity index (χ1) is 24.9. The maximum absolute atomic E-state index is 13.9. The molecule has 1 aromatic rings. The van der Waals surface area contributed by atoms with Crippen LogP contribution in [-0.2, 0) is 30.3 Å². The maximum Gasteiger partial charge on any atom is 0.219 e. The van der Waals surface area contributed by atoms with Crippen molar-refractivity contribution in [3.63, 3.8) is 0 Å². The summed E-state index contributed by atoms with van der Waals surface area (Å²) in [6.07, 6.45) is 12.6. The molecule has 3 aliphatic heterocycles. The van der Waals surface area contributed by atoms with Gasteiger partial charge < -0.3 is 29.0 Å². The number of aliphatic hydroxyl groups is 1. The molecule has 0 bridgehead atoms. The lowest BCUT2D eigenvalue weighted by atomic mass is 9.46. The topological polar surface area (TPSA) is 80.7 Å². The smallest absolute Gasteiger partial charge is 0.219 e. The first kappa shape index (κ1) is 37.2. The second kappa shape index (κ2) is 13.8. The Hall–Kier alpha value is -1.69. The first-order valence-electron chi connectivity index (χ1n) is 20.3. The Morgan fingerprint density at radius 2 is 1.71 bits per heavy atom. The van der Waals surface area contributed by atoms with Crippen molar-refractivity contribution in [2.45, 2.75) is 129 Å². The van der Waals surface area contributed by atoms with E-state index in [0.717, 1.165) is 77.7 Å². The minimum absolute atomic E-state index is 0.0439. The van der Waals surface area contributed by atoms with Crippen LogP contribution in [0.25, 0.3) is 0 Å². The molecule has 3 saturated heterocycles. The predicted molar refractivity (Wildman–Crippen MR) is 192 cm³/mol. The van der Waals surface area contributed by atoms with E-state index >= 15 is 0 Å². The van der Waals surface area contributed by atoms with Crippen molar-refractivity contribution in [1.82, 2.24) is 9.80 Å². The van der Waals surface area contributed by atoms with Gasteiger partial charge in [-0.15, -0.1) is 0 Å². The highest BCUT2D eigenvalue weighted by Crippen LogP contribution is 2.87. The standard InChI is InChI=1S/C41H58F2N2O5.CH4O/c1-25(46)45(19-26-15-27(42)17-28(43)16-26)20-30-5-6-32-34(49-30)18-33-31-7-8-35-38(2,3)36(50-37-21-44(13-14-48-37)29-22-47-23-29)9-10-41(35)24-40(31,41)12-11-39(32,33)4;1-2/h15-17,29-37H,5-14,18-24H2,1-4H3;2H,1H3/t30?,31?,32?,33?,34?,35?,36-,37?,39?,40-,41?;/m0./s1. The molecule has 3 heterocycles. The number of hydrogen-bond donors (Lipinski definition) is 1. The zero-order valence-corrected chi connectivity index (χ0v) is 32.1. The third-order valence-corrected chi connectivity index (χ3v) is 16.3. The minimum Gasteiger partial charge on any atom is -0.400 e. The summed E-state index contributed by atoms with van der Waals surface area (Å²) in [4.78, 5) is 16.9. The molecule has 290 valence electrons. The van der Waals surface area contributed by atoms with Crippen LogP contribution in [0.3, 0.4) is 0 Å². The largest absolute Gasteiger partial charge is 0.400 e.